The zero-order valence-electron chi connectivity index (χ0n) is 9.13. The van der Waals surface area contributed by atoms with Crippen molar-refractivity contribution in [3.63, 3.8) is 0 Å². The third-order valence-corrected chi connectivity index (χ3v) is 2.87. The maximum Gasteiger partial charge on any atom is 0.0606 e. The highest BCUT2D eigenvalue weighted by molar-refractivity contribution is 9.10. The summed E-state index contributed by atoms with van der Waals surface area (Å²) in [4.78, 5) is 2.02. The Morgan fingerprint density at radius 2 is 2.20 bits per heavy atom. The fourth-order valence-corrected chi connectivity index (χ4v) is 2.17. The van der Waals surface area contributed by atoms with E-state index in [-0.39, 0.29) is 6.61 Å². The quantitative estimate of drug-likeness (QED) is 0.855. The number of hydrogen-bond acceptors (Lipinski definition) is 3. The Balaban J connectivity index is 2.82. The molecule has 0 aliphatic rings. The highest BCUT2D eigenvalue weighted by Gasteiger charge is 2.05. The van der Waals surface area contributed by atoms with Gasteiger partial charge in [0.15, 0.2) is 0 Å². The Morgan fingerprint density at radius 3 is 2.73 bits per heavy atom. The van der Waals surface area contributed by atoms with Gasteiger partial charge in [-0.05, 0) is 40.7 Å². The summed E-state index contributed by atoms with van der Waals surface area (Å²) in [7, 11) is 3.90. The molecule has 0 aliphatic carbocycles. The topological polar surface area (TPSA) is 35.5 Å². The third kappa shape index (κ3) is 3.48. The fraction of sp³-hybridized carbons (Fsp3) is 0.455. The zero-order chi connectivity index (χ0) is 11.3. The maximum absolute atomic E-state index is 8.86. The number of rotatable bonds is 5. The van der Waals surface area contributed by atoms with Gasteiger partial charge in [-0.25, -0.2) is 0 Å². The van der Waals surface area contributed by atoms with E-state index in [2.05, 4.69) is 39.4 Å². The van der Waals surface area contributed by atoms with Crippen molar-refractivity contribution < 1.29 is 5.11 Å². The lowest BCUT2D eigenvalue weighted by molar-refractivity contribution is 0.304. The fourth-order valence-electron chi connectivity index (χ4n) is 1.44. The highest BCUT2D eigenvalue weighted by atomic mass is 79.9. The molecular formula is C11H17BrN2O. The molecule has 3 nitrogen and oxygen atoms in total. The van der Waals surface area contributed by atoms with Crippen molar-refractivity contribution in [1.82, 2.24) is 5.32 Å². The summed E-state index contributed by atoms with van der Waals surface area (Å²) in [5, 5.41) is 12.0. The maximum atomic E-state index is 8.86. The van der Waals surface area contributed by atoms with Gasteiger partial charge in [-0.3, -0.25) is 0 Å². The molecule has 84 valence electrons. The van der Waals surface area contributed by atoms with Gasteiger partial charge >= 0.3 is 0 Å². The molecule has 2 N–H and O–H groups in total. The van der Waals surface area contributed by atoms with E-state index in [1.165, 1.54) is 5.56 Å². The van der Waals surface area contributed by atoms with E-state index in [0.29, 0.717) is 6.54 Å². The molecule has 0 atom stereocenters. The van der Waals surface area contributed by atoms with E-state index in [4.69, 9.17) is 5.11 Å². The lowest BCUT2D eigenvalue weighted by atomic mass is 10.2. The number of nitrogens with one attached hydrogen (secondary N) is 1. The summed E-state index contributed by atoms with van der Waals surface area (Å²) in [6.45, 7) is 1.67. The van der Waals surface area contributed by atoms with Gasteiger partial charge in [0.1, 0.15) is 0 Å². The molecule has 0 amide bonds. The second kappa shape index (κ2) is 6.10. The van der Waals surface area contributed by atoms with Gasteiger partial charge in [-0.2, -0.15) is 0 Å². The predicted octanol–water partition coefficient (Wildman–Crippen LogP) is 1.60. The molecule has 0 spiro atoms. The molecule has 0 heterocycles. The van der Waals surface area contributed by atoms with Gasteiger partial charge in [-0.1, -0.05) is 6.07 Å². The van der Waals surface area contributed by atoms with Crippen molar-refractivity contribution in [3.05, 3.63) is 28.2 Å². The summed E-state index contributed by atoms with van der Waals surface area (Å²) in [6.07, 6.45) is 0. The van der Waals surface area contributed by atoms with E-state index in [1.807, 2.05) is 19.0 Å². The first-order valence-electron chi connectivity index (χ1n) is 4.94. The van der Waals surface area contributed by atoms with Crippen LogP contribution >= 0.6 is 15.9 Å². The highest BCUT2D eigenvalue weighted by Crippen LogP contribution is 2.26. The summed E-state index contributed by atoms with van der Waals surface area (Å²) < 4.78 is 1.06. The first-order valence-corrected chi connectivity index (χ1v) is 5.73. The van der Waals surface area contributed by atoms with Crippen LogP contribution in [0.5, 0.6) is 0 Å². The SMILES string of the molecule is CNCc1ccc(N(C)CCO)c(Br)c1. The molecular weight excluding hydrogens is 256 g/mol. The number of halogens is 1. The molecule has 1 aromatic carbocycles. The number of anilines is 1. The van der Waals surface area contributed by atoms with Crippen molar-refractivity contribution in [3.8, 4) is 0 Å². The summed E-state index contributed by atoms with van der Waals surface area (Å²) in [6, 6.07) is 6.25. The Bertz CT molecular complexity index is 317. The Morgan fingerprint density at radius 1 is 1.47 bits per heavy atom. The zero-order valence-corrected chi connectivity index (χ0v) is 10.7. The lowest BCUT2D eigenvalue weighted by Crippen LogP contribution is -2.21. The van der Waals surface area contributed by atoms with Crippen LogP contribution in [0.3, 0.4) is 0 Å². The number of benzene rings is 1. The van der Waals surface area contributed by atoms with Crippen LogP contribution in [-0.4, -0.2) is 32.4 Å². The number of aliphatic hydroxyl groups excluding tert-OH is 1. The first kappa shape index (κ1) is 12.5. The molecule has 0 bridgehead atoms. The van der Waals surface area contributed by atoms with Crippen molar-refractivity contribution in [1.29, 1.82) is 0 Å². The van der Waals surface area contributed by atoms with Crippen LogP contribution in [0.15, 0.2) is 22.7 Å². The molecule has 0 radical (unpaired) electrons. The van der Waals surface area contributed by atoms with E-state index >= 15 is 0 Å². The standard InChI is InChI=1S/C11H17BrN2O/c1-13-8-9-3-4-11(10(12)7-9)14(2)5-6-15/h3-4,7,13,15H,5-6,8H2,1-2H3. The molecule has 1 rings (SSSR count). The van der Waals surface area contributed by atoms with Gasteiger partial charge in [0.2, 0.25) is 0 Å². The number of hydrogen-bond donors (Lipinski definition) is 2. The average Bonchev–Trinajstić information content (AvgIpc) is 2.18. The van der Waals surface area contributed by atoms with Crippen molar-refractivity contribution in [2.24, 2.45) is 0 Å². The second-order valence-electron chi connectivity index (χ2n) is 3.46. The predicted molar refractivity (Wildman–Crippen MR) is 67.3 cm³/mol. The molecule has 0 aromatic heterocycles. The minimum Gasteiger partial charge on any atom is -0.395 e. The van der Waals surface area contributed by atoms with Gasteiger partial charge in [0.05, 0.1) is 12.3 Å². The molecule has 4 heteroatoms. The van der Waals surface area contributed by atoms with Gasteiger partial charge in [0.25, 0.3) is 0 Å². The first-order chi connectivity index (χ1) is 7.19. The molecule has 0 unspecified atom stereocenters. The van der Waals surface area contributed by atoms with E-state index < -0.39 is 0 Å². The van der Waals surface area contributed by atoms with Crippen LogP contribution in [0.4, 0.5) is 5.69 Å². The van der Waals surface area contributed by atoms with E-state index in [0.717, 1.165) is 16.7 Å². The van der Waals surface area contributed by atoms with Crippen LogP contribution < -0.4 is 10.2 Å². The van der Waals surface area contributed by atoms with E-state index in [1.54, 1.807) is 0 Å². The van der Waals surface area contributed by atoms with Gasteiger partial charge in [0, 0.05) is 24.6 Å². The summed E-state index contributed by atoms with van der Waals surface area (Å²) in [5.41, 5.74) is 2.34. The van der Waals surface area contributed by atoms with Gasteiger partial charge < -0.3 is 15.3 Å². The average molecular weight is 273 g/mol. The smallest absolute Gasteiger partial charge is 0.0606 e. The Kier molecular flexibility index (Phi) is 5.08. The molecule has 1 aromatic rings. The van der Waals surface area contributed by atoms with Crippen molar-refractivity contribution >= 4 is 21.6 Å². The molecule has 0 aliphatic heterocycles. The van der Waals surface area contributed by atoms with Gasteiger partial charge in [-0.15, -0.1) is 0 Å². The molecule has 0 saturated carbocycles. The summed E-state index contributed by atoms with van der Waals surface area (Å²) >= 11 is 3.54. The third-order valence-electron chi connectivity index (χ3n) is 2.24. The monoisotopic (exact) mass is 272 g/mol. The van der Waals surface area contributed by atoms with Crippen LogP contribution in [-0.2, 0) is 6.54 Å². The van der Waals surface area contributed by atoms with Crippen LogP contribution in [0.25, 0.3) is 0 Å². The van der Waals surface area contributed by atoms with Crippen LogP contribution in [0, 0.1) is 0 Å². The number of aliphatic hydroxyl groups is 1. The largest absolute Gasteiger partial charge is 0.395 e. The Labute approximate surface area is 99.2 Å². The van der Waals surface area contributed by atoms with Crippen molar-refractivity contribution in [2.75, 3.05) is 32.1 Å². The molecule has 15 heavy (non-hydrogen) atoms. The normalized spacial score (nSPS) is 10.4. The Hall–Kier alpha value is -0.580. The minimum atomic E-state index is 0.168. The van der Waals surface area contributed by atoms with Crippen LogP contribution in [0.1, 0.15) is 5.56 Å². The number of nitrogens with zero attached hydrogens (tertiary/aromatic N) is 1. The number of likely N-dealkylation sites (N-methyl/N-ethyl adjacent to an activating group) is 1. The summed E-state index contributed by atoms with van der Waals surface area (Å²) in [5.74, 6) is 0. The van der Waals surface area contributed by atoms with Crippen molar-refractivity contribution in [2.45, 2.75) is 6.54 Å². The molecule has 0 saturated heterocycles. The minimum absolute atomic E-state index is 0.168. The van der Waals surface area contributed by atoms with E-state index in [9.17, 15) is 0 Å². The molecule has 0 fully saturated rings. The lowest BCUT2D eigenvalue weighted by Gasteiger charge is -2.20. The van der Waals surface area contributed by atoms with Crippen LogP contribution in [0.2, 0.25) is 0 Å². The second-order valence-corrected chi connectivity index (χ2v) is 4.32.